The van der Waals surface area contributed by atoms with Gasteiger partial charge in [0.05, 0.1) is 18.1 Å². The summed E-state index contributed by atoms with van der Waals surface area (Å²) in [4.78, 5) is 20.3. The van der Waals surface area contributed by atoms with Crippen molar-refractivity contribution in [2.24, 2.45) is 0 Å². The Labute approximate surface area is 145 Å². The van der Waals surface area contributed by atoms with Gasteiger partial charge in [0.15, 0.2) is 0 Å². The second-order valence-corrected chi connectivity index (χ2v) is 6.04. The minimum Gasteiger partial charge on any atom is -0.497 e. The number of imidazole rings is 1. The van der Waals surface area contributed by atoms with Crippen LogP contribution >= 0.6 is 0 Å². The minimum atomic E-state index is -0.183. The summed E-state index contributed by atoms with van der Waals surface area (Å²) in [6, 6.07) is 12.7. The van der Waals surface area contributed by atoms with Gasteiger partial charge in [-0.2, -0.15) is 0 Å². The molecule has 3 aromatic rings. The first kappa shape index (κ1) is 15.7. The quantitative estimate of drug-likeness (QED) is 0.761. The smallest absolute Gasteiger partial charge is 0.255 e. The standard InChI is InChI=1S/C19H19N3O3/c1-24-14-5-2-4-12(10-14)19(23)20-13-7-8-15-16(11-13)22-18(21-15)17-6-3-9-25-17/h2,4-5,7-8,10-11,17H,3,6,9H2,1H3,(H,20,23)(H,21,22). The van der Waals surface area contributed by atoms with Crippen LogP contribution in [0.4, 0.5) is 5.69 Å². The summed E-state index contributed by atoms with van der Waals surface area (Å²) in [5.41, 5.74) is 3.01. The molecule has 6 nitrogen and oxygen atoms in total. The molecular formula is C19H19N3O3. The Bertz CT molecular complexity index is 913. The number of amides is 1. The molecule has 1 aromatic heterocycles. The molecule has 1 aliphatic rings. The zero-order chi connectivity index (χ0) is 17.2. The molecule has 1 amide bonds. The van der Waals surface area contributed by atoms with Crippen LogP contribution in [0.25, 0.3) is 11.0 Å². The predicted octanol–water partition coefficient (Wildman–Crippen LogP) is 3.68. The van der Waals surface area contributed by atoms with Gasteiger partial charge < -0.3 is 19.8 Å². The van der Waals surface area contributed by atoms with Crippen LogP contribution in [-0.4, -0.2) is 29.6 Å². The summed E-state index contributed by atoms with van der Waals surface area (Å²) < 4.78 is 10.8. The first-order valence-electron chi connectivity index (χ1n) is 8.29. The van der Waals surface area contributed by atoms with Gasteiger partial charge in [0.2, 0.25) is 0 Å². The Hall–Kier alpha value is -2.86. The van der Waals surface area contributed by atoms with Gasteiger partial charge in [-0.05, 0) is 49.2 Å². The third-order valence-electron chi connectivity index (χ3n) is 4.32. The van der Waals surface area contributed by atoms with E-state index in [1.165, 1.54) is 0 Å². The molecule has 1 aliphatic heterocycles. The summed E-state index contributed by atoms with van der Waals surface area (Å²) >= 11 is 0. The Morgan fingerprint density at radius 2 is 2.24 bits per heavy atom. The molecule has 4 rings (SSSR count). The van der Waals surface area contributed by atoms with Crippen LogP contribution < -0.4 is 10.1 Å². The van der Waals surface area contributed by atoms with Crippen molar-refractivity contribution >= 4 is 22.6 Å². The molecule has 1 saturated heterocycles. The van der Waals surface area contributed by atoms with Crippen LogP contribution in [0.15, 0.2) is 42.5 Å². The van der Waals surface area contributed by atoms with Gasteiger partial charge in [-0.3, -0.25) is 4.79 Å². The predicted molar refractivity (Wildman–Crippen MR) is 95.0 cm³/mol. The van der Waals surface area contributed by atoms with Gasteiger partial charge in [0.1, 0.15) is 17.7 Å². The first-order chi connectivity index (χ1) is 12.2. The molecule has 1 unspecified atom stereocenters. The number of carbonyl (C=O) groups excluding carboxylic acids is 1. The van der Waals surface area contributed by atoms with E-state index in [1.54, 1.807) is 31.4 Å². The summed E-state index contributed by atoms with van der Waals surface area (Å²) in [7, 11) is 1.58. The SMILES string of the molecule is COc1cccc(C(=O)Nc2ccc3nc(C4CCCO4)[nH]c3c2)c1. The average Bonchev–Trinajstić information content (AvgIpc) is 3.30. The van der Waals surface area contributed by atoms with Gasteiger partial charge >= 0.3 is 0 Å². The van der Waals surface area contributed by atoms with E-state index < -0.39 is 0 Å². The summed E-state index contributed by atoms with van der Waals surface area (Å²) in [6.07, 6.45) is 2.09. The second kappa shape index (κ2) is 6.57. The lowest BCUT2D eigenvalue weighted by molar-refractivity contribution is 0.102. The van der Waals surface area contributed by atoms with Gasteiger partial charge in [0.25, 0.3) is 5.91 Å². The molecule has 25 heavy (non-hydrogen) atoms. The van der Waals surface area contributed by atoms with Crippen molar-refractivity contribution in [3.05, 3.63) is 53.9 Å². The number of methoxy groups -OCH3 is 1. The van der Waals surface area contributed by atoms with Crippen molar-refractivity contribution in [1.29, 1.82) is 0 Å². The highest BCUT2D eigenvalue weighted by Gasteiger charge is 2.21. The zero-order valence-corrected chi connectivity index (χ0v) is 13.9. The third-order valence-corrected chi connectivity index (χ3v) is 4.32. The molecule has 2 N–H and O–H groups in total. The van der Waals surface area contributed by atoms with E-state index in [-0.39, 0.29) is 12.0 Å². The van der Waals surface area contributed by atoms with Gasteiger partial charge in [-0.15, -0.1) is 0 Å². The van der Waals surface area contributed by atoms with E-state index in [1.807, 2.05) is 18.2 Å². The van der Waals surface area contributed by atoms with Crippen LogP contribution in [-0.2, 0) is 4.74 Å². The fourth-order valence-corrected chi connectivity index (χ4v) is 3.02. The van der Waals surface area contributed by atoms with Gasteiger partial charge in [-0.1, -0.05) is 6.07 Å². The van der Waals surface area contributed by atoms with Crippen LogP contribution in [0, 0.1) is 0 Å². The highest BCUT2D eigenvalue weighted by molar-refractivity contribution is 6.05. The van der Waals surface area contributed by atoms with E-state index in [9.17, 15) is 4.79 Å². The zero-order valence-electron chi connectivity index (χ0n) is 13.9. The Morgan fingerprint density at radius 3 is 3.04 bits per heavy atom. The van der Waals surface area contributed by atoms with Gasteiger partial charge in [-0.25, -0.2) is 4.98 Å². The Morgan fingerprint density at radius 1 is 1.32 bits per heavy atom. The number of rotatable bonds is 4. The maximum Gasteiger partial charge on any atom is 0.255 e. The molecular weight excluding hydrogens is 318 g/mol. The number of hydrogen-bond donors (Lipinski definition) is 2. The van der Waals surface area contributed by atoms with E-state index in [2.05, 4.69) is 15.3 Å². The number of nitrogens with zero attached hydrogens (tertiary/aromatic N) is 1. The molecule has 1 atom stereocenters. The number of nitrogens with one attached hydrogen (secondary N) is 2. The largest absolute Gasteiger partial charge is 0.497 e. The van der Waals surface area contributed by atoms with Crippen LogP contribution in [0.2, 0.25) is 0 Å². The number of anilines is 1. The summed E-state index contributed by atoms with van der Waals surface area (Å²) in [5.74, 6) is 1.32. The minimum absolute atomic E-state index is 0.0437. The number of hydrogen-bond acceptors (Lipinski definition) is 4. The molecule has 128 valence electrons. The van der Waals surface area contributed by atoms with Crippen molar-refractivity contribution in [2.45, 2.75) is 18.9 Å². The van der Waals surface area contributed by atoms with Crippen LogP contribution in [0.5, 0.6) is 5.75 Å². The van der Waals surface area contributed by atoms with E-state index >= 15 is 0 Å². The molecule has 0 spiro atoms. The van der Waals surface area contributed by atoms with E-state index in [0.717, 1.165) is 36.3 Å². The van der Waals surface area contributed by atoms with Crippen LogP contribution in [0.3, 0.4) is 0 Å². The van der Waals surface area contributed by atoms with E-state index in [0.29, 0.717) is 17.0 Å². The lowest BCUT2D eigenvalue weighted by atomic mass is 10.2. The topological polar surface area (TPSA) is 76.2 Å². The number of aromatic nitrogens is 2. The number of carbonyl (C=O) groups is 1. The number of H-pyrrole nitrogens is 1. The van der Waals surface area contributed by atoms with Crippen molar-refractivity contribution in [3.8, 4) is 5.75 Å². The fourth-order valence-electron chi connectivity index (χ4n) is 3.02. The Kier molecular flexibility index (Phi) is 4.11. The number of aromatic amines is 1. The molecule has 0 aliphatic carbocycles. The second-order valence-electron chi connectivity index (χ2n) is 6.04. The monoisotopic (exact) mass is 337 g/mol. The molecule has 0 bridgehead atoms. The molecule has 2 aromatic carbocycles. The van der Waals surface area contributed by atoms with Gasteiger partial charge in [0, 0.05) is 17.9 Å². The first-order valence-corrected chi connectivity index (χ1v) is 8.29. The normalized spacial score (nSPS) is 16.9. The van der Waals surface area contributed by atoms with E-state index in [4.69, 9.17) is 9.47 Å². The highest BCUT2D eigenvalue weighted by atomic mass is 16.5. The molecule has 2 heterocycles. The molecule has 0 radical (unpaired) electrons. The van der Waals surface area contributed by atoms with Crippen molar-refractivity contribution in [1.82, 2.24) is 9.97 Å². The average molecular weight is 337 g/mol. The number of ether oxygens (including phenoxy) is 2. The lowest BCUT2D eigenvalue weighted by Gasteiger charge is -2.06. The van der Waals surface area contributed by atoms with Crippen molar-refractivity contribution in [2.75, 3.05) is 19.0 Å². The Balaban J connectivity index is 1.55. The third kappa shape index (κ3) is 3.21. The number of fused-ring (bicyclic) bond motifs is 1. The maximum atomic E-state index is 12.4. The summed E-state index contributed by atoms with van der Waals surface area (Å²) in [6.45, 7) is 0.781. The summed E-state index contributed by atoms with van der Waals surface area (Å²) in [5, 5.41) is 2.91. The fraction of sp³-hybridized carbons (Fsp3) is 0.263. The van der Waals surface area contributed by atoms with Crippen molar-refractivity contribution in [3.63, 3.8) is 0 Å². The number of benzene rings is 2. The molecule has 0 saturated carbocycles. The highest BCUT2D eigenvalue weighted by Crippen LogP contribution is 2.28. The molecule has 6 heteroatoms. The maximum absolute atomic E-state index is 12.4. The molecule has 1 fully saturated rings. The lowest BCUT2D eigenvalue weighted by Crippen LogP contribution is -2.11. The van der Waals surface area contributed by atoms with Crippen LogP contribution in [0.1, 0.15) is 35.1 Å². The van der Waals surface area contributed by atoms with Crippen molar-refractivity contribution < 1.29 is 14.3 Å².